The fourth-order valence-electron chi connectivity index (χ4n) is 2.07. The van der Waals surface area contributed by atoms with Gasteiger partial charge in [0.1, 0.15) is 0 Å². The van der Waals surface area contributed by atoms with Gasteiger partial charge in [0.2, 0.25) is 0 Å². The molecule has 1 heterocycles. The number of aliphatic hydroxyl groups is 1. The second-order valence-corrected chi connectivity index (χ2v) is 7.03. The Labute approximate surface area is 137 Å². The first kappa shape index (κ1) is 16.8. The molecule has 2 rings (SSSR count). The second kappa shape index (κ2) is 8.14. The molecule has 1 aromatic carbocycles. The molecule has 1 atom stereocenters. The van der Waals surface area contributed by atoms with Crippen molar-refractivity contribution in [3.05, 3.63) is 57.8 Å². The van der Waals surface area contributed by atoms with Gasteiger partial charge >= 0.3 is 0 Å². The van der Waals surface area contributed by atoms with Crippen LogP contribution in [0.3, 0.4) is 0 Å². The number of nitrogens with two attached hydrogens (primary N) is 1. The van der Waals surface area contributed by atoms with Gasteiger partial charge < -0.3 is 10.8 Å². The largest absolute Gasteiger partial charge is 0.394 e. The summed E-state index contributed by atoms with van der Waals surface area (Å²) < 4.78 is 0. The van der Waals surface area contributed by atoms with E-state index in [2.05, 4.69) is 48.2 Å². The van der Waals surface area contributed by atoms with Crippen LogP contribution in [-0.2, 0) is 12.8 Å². The smallest absolute Gasteiger partial charge is 0.0771 e. The normalized spacial score (nSPS) is 13.2. The van der Waals surface area contributed by atoms with Crippen molar-refractivity contribution >= 4 is 11.3 Å². The molecule has 0 aliphatic rings. The maximum absolute atomic E-state index is 9.17. The molecule has 2 aromatic rings. The lowest BCUT2D eigenvalue weighted by Gasteiger charge is -2.20. The van der Waals surface area contributed by atoms with Crippen molar-refractivity contribution in [2.75, 3.05) is 6.61 Å². The van der Waals surface area contributed by atoms with Crippen molar-refractivity contribution in [2.45, 2.75) is 38.1 Å². The van der Waals surface area contributed by atoms with Gasteiger partial charge in [-0.05, 0) is 43.9 Å². The molecule has 0 aliphatic carbocycles. The highest BCUT2D eigenvalue weighted by Crippen LogP contribution is 2.19. The van der Waals surface area contributed by atoms with Crippen LogP contribution >= 0.6 is 11.3 Å². The monoisotopic (exact) mass is 313 g/mol. The predicted octanol–water partition coefficient (Wildman–Crippen LogP) is 3.37. The molecule has 1 aromatic heterocycles. The molecule has 116 valence electrons. The van der Waals surface area contributed by atoms with Crippen molar-refractivity contribution in [1.29, 1.82) is 0 Å². The summed E-state index contributed by atoms with van der Waals surface area (Å²) in [5.74, 6) is 6.48. The Bertz CT molecular complexity index is 634. The fourth-order valence-corrected chi connectivity index (χ4v) is 2.95. The molecule has 0 fully saturated rings. The average Bonchev–Trinajstić information content (AvgIpc) is 2.99. The first-order chi connectivity index (χ1) is 10.6. The van der Waals surface area contributed by atoms with E-state index in [4.69, 9.17) is 5.73 Å². The fraction of sp³-hybridized carbons (Fsp3) is 0.368. The van der Waals surface area contributed by atoms with E-state index in [0.717, 1.165) is 30.6 Å². The summed E-state index contributed by atoms with van der Waals surface area (Å²) in [6, 6.07) is 14.6. The zero-order valence-electron chi connectivity index (χ0n) is 13.0. The Kier molecular flexibility index (Phi) is 6.21. The minimum Gasteiger partial charge on any atom is -0.394 e. The molecule has 2 nitrogen and oxygen atoms in total. The molecule has 3 N–H and O–H groups in total. The van der Waals surface area contributed by atoms with Crippen LogP contribution in [0.5, 0.6) is 0 Å². The lowest BCUT2D eigenvalue weighted by Crippen LogP contribution is -2.40. The van der Waals surface area contributed by atoms with Gasteiger partial charge in [-0.15, -0.1) is 11.3 Å². The van der Waals surface area contributed by atoms with E-state index in [9.17, 15) is 5.11 Å². The van der Waals surface area contributed by atoms with Crippen molar-refractivity contribution in [1.82, 2.24) is 0 Å². The number of rotatable bonds is 6. The van der Waals surface area contributed by atoms with Gasteiger partial charge in [0, 0.05) is 16.8 Å². The van der Waals surface area contributed by atoms with E-state index in [1.54, 1.807) is 11.3 Å². The molecule has 3 heteroatoms. The summed E-state index contributed by atoms with van der Waals surface area (Å²) in [5.41, 5.74) is 6.78. The number of hydrogen-bond donors (Lipinski definition) is 2. The molecule has 0 saturated carbocycles. The maximum atomic E-state index is 9.17. The highest BCUT2D eigenvalue weighted by Gasteiger charge is 2.16. The summed E-state index contributed by atoms with van der Waals surface area (Å²) in [5, 5.41) is 9.17. The third-order valence-electron chi connectivity index (χ3n) is 3.56. The van der Waals surface area contributed by atoms with Gasteiger partial charge in [-0.3, -0.25) is 0 Å². The third kappa shape index (κ3) is 5.65. The van der Waals surface area contributed by atoms with Crippen molar-refractivity contribution < 1.29 is 5.11 Å². The second-order valence-electron chi connectivity index (χ2n) is 5.87. The van der Waals surface area contributed by atoms with Crippen molar-refractivity contribution in [2.24, 2.45) is 5.73 Å². The Morgan fingerprint density at radius 3 is 2.64 bits per heavy atom. The molecule has 1 unspecified atom stereocenters. The van der Waals surface area contributed by atoms with Crippen LogP contribution in [0.1, 0.15) is 35.1 Å². The molecule has 22 heavy (non-hydrogen) atoms. The Hall–Kier alpha value is -1.60. The van der Waals surface area contributed by atoms with Gasteiger partial charge in [-0.1, -0.05) is 42.2 Å². The van der Waals surface area contributed by atoms with Crippen LogP contribution in [0.2, 0.25) is 0 Å². The lowest BCUT2D eigenvalue weighted by atomic mass is 9.98. The molecular weight excluding hydrogens is 290 g/mol. The SMILES string of the molecule is CC(N)(CO)CCc1ccc(C#CCCc2ccccc2)s1. The standard InChI is InChI=1S/C19H23NOS/c1-19(20,15-21)14-13-18-12-11-17(22-18)10-6-5-9-16-7-3-2-4-8-16/h2-4,7-8,11-12,21H,5,9,13-15,20H2,1H3. The van der Waals surface area contributed by atoms with Gasteiger partial charge in [-0.2, -0.15) is 0 Å². The number of aryl methyl sites for hydroxylation is 2. The minimum atomic E-state index is -0.495. The molecule has 0 bridgehead atoms. The van der Waals surface area contributed by atoms with Crippen LogP contribution in [0.15, 0.2) is 42.5 Å². The first-order valence-electron chi connectivity index (χ1n) is 7.60. The zero-order chi connectivity index (χ0) is 15.8. The van der Waals surface area contributed by atoms with Crippen molar-refractivity contribution in [3.63, 3.8) is 0 Å². The Morgan fingerprint density at radius 2 is 1.91 bits per heavy atom. The molecule has 0 saturated heterocycles. The molecule has 0 aliphatic heterocycles. The summed E-state index contributed by atoms with van der Waals surface area (Å²) in [6.07, 6.45) is 3.55. The topological polar surface area (TPSA) is 46.2 Å². The van der Waals surface area contributed by atoms with Gasteiger partial charge in [0.25, 0.3) is 0 Å². The van der Waals surface area contributed by atoms with Crippen LogP contribution in [0.25, 0.3) is 0 Å². The molecule has 0 amide bonds. The summed E-state index contributed by atoms with van der Waals surface area (Å²) in [4.78, 5) is 2.38. The van der Waals surface area contributed by atoms with Crippen LogP contribution in [0, 0.1) is 11.8 Å². The van der Waals surface area contributed by atoms with Gasteiger partial charge in [0.05, 0.1) is 11.5 Å². The van der Waals surface area contributed by atoms with E-state index in [1.165, 1.54) is 10.4 Å². The molecule has 0 spiro atoms. The highest BCUT2D eigenvalue weighted by molar-refractivity contribution is 7.12. The van der Waals surface area contributed by atoms with E-state index in [1.807, 2.05) is 13.0 Å². The minimum absolute atomic E-state index is 0.0184. The zero-order valence-corrected chi connectivity index (χ0v) is 13.8. The van der Waals surface area contributed by atoms with E-state index in [-0.39, 0.29) is 6.61 Å². The lowest BCUT2D eigenvalue weighted by molar-refractivity contribution is 0.201. The number of benzene rings is 1. The molecular formula is C19H23NOS. The van der Waals surface area contributed by atoms with Crippen molar-refractivity contribution in [3.8, 4) is 11.8 Å². The maximum Gasteiger partial charge on any atom is 0.0771 e. The highest BCUT2D eigenvalue weighted by atomic mass is 32.1. The quantitative estimate of drug-likeness (QED) is 0.803. The van der Waals surface area contributed by atoms with Crippen LogP contribution in [-0.4, -0.2) is 17.3 Å². The van der Waals surface area contributed by atoms with E-state index >= 15 is 0 Å². The van der Waals surface area contributed by atoms with Crippen LogP contribution < -0.4 is 5.73 Å². The Morgan fingerprint density at radius 1 is 1.14 bits per heavy atom. The third-order valence-corrected chi connectivity index (χ3v) is 4.62. The first-order valence-corrected chi connectivity index (χ1v) is 8.42. The van der Waals surface area contributed by atoms with Gasteiger partial charge in [0.15, 0.2) is 0 Å². The Balaban J connectivity index is 1.81. The van der Waals surface area contributed by atoms with Crippen LogP contribution in [0.4, 0.5) is 0 Å². The molecule has 0 radical (unpaired) electrons. The summed E-state index contributed by atoms with van der Waals surface area (Å²) >= 11 is 1.72. The van der Waals surface area contributed by atoms with E-state index < -0.39 is 5.54 Å². The summed E-state index contributed by atoms with van der Waals surface area (Å²) in [6.45, 7) is 1.90. The van der Waals surface area contributed by atoms with Gasteiger partial charge in [-0.25, -0.2) is 0 Å². The number of hydrogen-bond acceptors (Lipinski definition) is 3. The van der Waals surface area contributed by atoms with E-state index in [0.29, 0.717) is 0 Å². The summed E-state index contributed by atoms with van der Waals surface area (Å²) in [7, 11) is 0. The average molecular weight is 313 g/mol. The number of thiophene rings is 1. The number of aliphatic hydroxyl groups excluding tert-OH is 1. The predicted molar refractivity (Wildman–Crippen MR) is 94.0 cm³/mol.